The van der Waals surface area contributed by atoms with E-state index in [1.165, 1.54) is 0 Å². The molecule has 12 heavy (non-hydrogen) atoms. The smallest absolute Gasteiger partial charge is 0.0755 e. The maximum atomic E-state index is 9.39. The number of hydrogen-bond donors (Lipinski definition) is 1. The molecular weight excluding hydrogens is 148 g/mol. The number of rotatable bonds is 5. The van der Waals surface area contributed by atoms with Crippen molar-refractivity contribution >= 4 is 0 Å². The first-order valence-corrected chi connectivity index (χ1v) is 4.68. The Morgan fingerprint density at radius 1 is 1.17 bits per heavy atom. The monoisotopic (exact) mass is 168 g/mol. The highest BCUT2D eigenvalue weighted by atomic mass is 16.3. The van der Waals surface area contributed by atoms with Crippen molar-refractivity contribution in [3.8, 4) is 0 Å². The van der Waals surface area contributed by atoms with E-state index in [0.29, 0.717) is 5.92 Å². The SMILES string of the molecule is CC/C=C\CC(O)/C=C/C(C)C. The highest BCUT2D eigenvalue weighted by Crippen LogP contribution is 2.00. The predicted molar refractivity (Wildman–Crippen MR) is 54.0 cm³/mol. The van der Waals surface area contributed by atoms with Crippen molar-refractivity contribution in [2.24, 2.45) is 5.92 Å². The molecule has 0 heterocycles. The topological polar surface area (TPSA) is 20.2 Å². The van der Waals surface area contributed by atoms with Gasteiger partial charge in [-0.05, 0) is 18.8 Å². The Hall–Kier alpha value is -0.560. The van der Waals surface area contributed by atoms with Gasteiger partial charge in [0.05, 0.1) is 6.10 Å². The van der Waals surface area contributed by atoms with Crippen molar-refractivity contribution in [2.45, 2.75) is 39.7 Å². The molecule has 0 aromatic rings. The second-order valence-corrected chi connectivity index (χ2v) is 3.31. The summed E-state index contributed by atoms with van der Waals surface area (Å²) in [5.74, 6) is 0.523. The van der Waals surface area contributed by atoms with Crippen molar-refractivity contribution in [3.63, 3.8) is 0 Å². The number of aliphatic hydroxyl groups excluding tert-OH is 1. The molecule has 0 aliphatic carbocycles. The molecule has 0 aliphatic heterocycles. The first kappa shape index (κ1) is 11.4. The number of aliphatic hydroxyl groups is 1. The fourth-order valence-electron chi connectivity index (χ4n) is 0.831. The van der Waals surface area contributed by atoms with Crippen molar-refractivity contribution in [1.29, 1.82) is 0 Å². The average molecular weight is 168 g/mol. The van der Waals surface area contributed by atoms with Crippen LogP contribution >= 0.6 is 0 Å². The molecule has 0 saturated carbocycles. The highest BCUT2D eigenvalue weighted by molar-refractivity contribution is 4.95. The molecular formula is C11H20O. The van der Waals surface area contributed by atoms with Crippen molar-refractivity contribution in [1.82, 2.24) is 0 Å². The van der Waals surface area contributed by atoms with Gasteiger partial charge in [0, 0.05) is 0 Å². The molecule has 1 heteroatoms. The van der Waals surface area contributed by atoms with Gasteiger partial charge in [-0.25, -0.2) is 0 Å². The minimum Gasteiger partial charge on any atom is -0.389 e. The van der Waals surface area contributed by atoms with Crippen LogP contribution in [0.3, 0.4) is 0 Å². The molecule has 1 atom stereocenters. The maximum absolute atomic E-state index is 9.39. The molecule has 0 saturated heterocycles. The fourth-order valence-corrected chi connectivity index (χ4v) is 0.831. The standard InChI is InChI=1S/C11H20O/c1-4-5-6-7-11(12)9-8-10(2)3/h5-6,8-12H,4,7H2,1-3H3/b6-5-,9-8+. The summed E-state index contributed by atoms with van der Waals surface area (Å²) in [5.41, 5.74) is 0. The van der Waals surface area contributed by atoms with Crippen LogP contribution in [0.5, 0.6) is 0 Å². The lowest BCUT2D eigenvalue weighted by Gasteiger charge is -2.01. The van der Waals surface area contributed by atoms with E-state index < -0.39 is 0 Å². The molecule has 1 N–H and O–H groups in total. The van der Waals surface area contributed by atoms with Crippen molar-refractivity contribution < 1.29 is 5.11 Å². The Balaban J connectivity index is 3.58. The van der Waals surface area contributed by atoms with Crippen LogP contribution in [0.25, 0.3) is 0 Å². The van der Waals surface area contributed by atoms with Crippen LogP contribution in [0.4, 0.5) is 0 Å². The van der Waals surface area contributed by atoms with E-state index in [1.807, 2.05) is 18.2 Å². The second-order valence-electron chi connectivity index (χ2n) is 3.31. The molecule has 0 aromatic heterocycles. The Kier molecular flexibility index (Phi) is 6.78. The van der Waals surface area contributed by atoms with Crippen LogP contribution in [0.1, 0.15) is 33.6 Å². The summed E-state index contributed by atoms with van der Waals surface area (Å²) in [6.07, 6.45) is 9.46. The lowest BCUT2D eigenvalue weighted by molar-refractivity contribution is 0.226. The van der Waals surface area contributed by atoms with Crippen LogP contribution in [-0.2, 0) is 0 Å². The third-order valence-corrected chi connectivity index (χ3v) is 1.50. The summed E-state index contributed by atoms with van der Waals surface area (Å²) in [6.45, 7) is 6.29. The number of allylic oxidation sites excluding steroid dienone is 2. The zero-order chi connectivity index (χ0) is 9.40. The van der Waals surface area contributed by atoms with Gasteiger partial charge in [-0.15, -0.1) is 0 Å². The second kappa shape index (κ2) is 7.11. The first-order chi connectivity index (χ1) is 5.66. The van der Waals surface area contributed by atoms with Crippen molar-refractivity contribution in [2.75, 3.05) is 0 Å². The van der Waals surface area contributed by atoms with E-state index in [1.54, 1.807) is 0 Å². The molecule has 1 nitrogen and oxygen atoms in total. The Morgan fingerprint density at radius 3 is 2.33 bits per heavy atom. The molecule has 0 rings (SSSR count). The van der Waals surface area contributed by atoms with Crippen molar-refractivity contribution in [3.05, 3.63) is 24.3 Å². The van der Waals surface area contributed by atoms with E-state index in [9.17, 15) is 5.11 Å². The third kappa shape index (κ3) is 7.55. The minimum atomic E-state index is -0.310. The quantitative estimate of drug-likeness (QED) is 0.626. The van der Waals surface area contributed by atoms with Gasteiger partial charge in [0.15, 0.2) is 0 Å². The fraction of sp³-hybridized carbons (Fsp3) is 0.636. The molecule has 1 unspecified atom stereocenters. The minimum absolute atomic E-state index is 0.310. The third-order valence-electron chi connectivity index (χ3n) is 1.50. The predicted octanol–water partition coefficient (Wildman–Crippen LogP) is 2.92. The summed E-state index contributed by atoms with van der Waals surface area (Å²) in [6, 6.07) is 0. The largest absolute Gasteiger partial charge is 0.389 e. The zero-order valence-corrected chi connectivity index (χ0v) is 8.33. The summed E-state index contributed by atoms with van der Waals surface area (Å²) in [7, 11) is 0. The van der Waals surface area contributed by atoms with Crippen LogP contribution in [-0.4, -0.2) is 11.2 Å². The van der Waals surface area contributed by atoms with E-state index in [-0.39, 0.29) is 6.10 Å². The molecule has 0 amide bonds. The molecule has 0 aromatic carbocycles. The lowest BCUT2D eigenvalue weighted by Crippen LogP contribution is -1.99. The number of hydrogen-bond acceptors (Lipinski definition) is 1. The van der Waals surface area contributed by atoms with Gasteiger partial charge in [-0.2, -0.15) is 0 Å². The molecule has 0 fully saturated rings. The summed E-state index contributed by atoms with van der Waals surface area (Å²) in [5, 5.41) is 9.39. The van der Waals surface area contributed by atoms with Crippen LogP contribution in [0, 0.1) is 5.92 Å². The summed E-state index contributed by atoms with van der Waals surface area (Å²) in [4.78, 5) is 0. The van der Waals surface area contributed by atoms with E-state index >= 15 is 0 Å². The highest BCUT2D eigenvalue weighted by Gasteiger charge is 1.94. The van der Waals surface area contributed by atoms with Gasteiger partial charge in [0.25, 0.3) is 0 Å². The average Bonchev–Trinajstić information content (AvgIpc) is 2.01. The van der Waals surface area contributed by atoms with Gasteiger partial charge in [-0.1, -0.05) is 45.1 Å². The molecule has 0 radical (unpaired) electrons. The van der Waals surface area contributed by atoms with Crippen LogP contribution < -0.4 is 0 Å². The maximum Gasteiger partial charge on any atom is 0.0755 e. The molecule has 70 valence electrons. The Labute approximate surface area is 75.8 Å². The van der Waals surface area contributed by atoms with E-state index in [2.05, 4.69) is 26.8 Å². The summed E-state index contributed by atoms with van der Waals surface area (Å²) >= 11 is 0. The lowest BCUT2D eigenvalue weighted by atomic mass is 10.1. The Morgan fingerprint density at radius 2 is 1.83 bits per heavy atom. The Bertz CT molecular complexity index is 145. The molecule has 0 aliphatic rings. The normalized spacial score (nSPS) is 15.1. The van der Waals surface area contributed by atoms with Gasteiger partial charge < -0.3 is 5.11 Å². The summed E-state index contributed by atoms with van der Waals surface area (Å²) < 4.78 is 0. The van der Waals surface area contributed by atoms with E-state index in [4.69, 9.17) is 0 Å². The molecule has 0 spiro atoms. The van der Waals surface area contributed by atoms with E-state index in [0.717, 1.165) is 12.8 Å². The van der Waals surface area contributed by atoms with Gasteiger partial charge >= 0.3 is 0 Å². The van der Waals surface area contributed by atoms with Gasteiger partial charge in [0.2, 0.25) is 0 Å². The van der Waals surface area contributed by atoms with Gasteiger partial charge in [0.1, 0.15) is 0 Å². The molecule has 0 bridgehead atoms. The first-order valence-electron chi connectivity index (χ1n) is 4.68. The van der Waals surface area contributed by atoms with Gasteiger partial charge in [-0.3, -0.25) is 0 Å². The van der Waals surface area contributed by atoms with Crippen LogP contribution in [0.2, 0.25) is 0 Å². The van der Waals surface area contributed by atoms with Crippen LogP contribution in [0.15, 0.2) is 24.3 Å². The zero-order valence-electron chi connectivity index (χ0n) is 8.33.